The molecule has 0 aliphatic carbocycles. The van der Waals surface area contributed by atoms with Crippen molar-refractivity contribution in [1.82, 2.24) is 4.31 Å². The van der Waals surface area contributed by atoms with Crippen molar-refractivity contribution in [3.05, 3.63) is 26.6 Å². The van der Waals surface area contributed by atoms with Crippen LogP contribution in [0.1, 0.15) is 24.8 Å². The zero-order chi connectivity index (χ0) is 15.3. The maximum Gasteiger partial charge on any atom is 0.243 e. The van der Waals surface area contributed by atoms with Crippen LogP contribution in [0.15, 0.2) is 26.0 Å². The first-order valence-corrected chi connectivity index (χ1v) is 9.36. The van der Waals surface area contributed by atoms with Crippen LogP contribution in [0.2, 0.25) is 0 Å². The van der Waals surface area contributed by atoms with Crippen LogP contribution in [0.5, 0.6) is 0 Å². The highest BCUT2D eigenvalue weighted by molar-refractivity contribution is 9.11. The Labute approximate surface area is 137 Å². The van der Waals surface area contributed by atoms with Crippen molar-refractivity contribution in [2.45, 2.75) is 31.1 Å². The molecule has 1 N–H and O–H groups in total. The van der Waals surface area contributed by atoms with E-state index in [-0.39, 0.29) is 11.5 Å². The van der Waals surface area contributed by atoms with Gasteiger partial charge in [0.1, 0.15) is 0 Å². The summed E-state index contributed by atoms with van der Waals surface area (Å²) in [5.41, 5.74) is 0.974. The summed E-state index contributed by atoms with van der Waals surface area (Å²) in [5.74, 6) is 0. The van der Waals surface area contributed by atoms with Crippen molar-refractivity contribution in [2.24, 2.45) is 0 Å². The molecule has 1 aromatic rings. The Morgan fingerprint density at radius 3 is 2.40 bits per heavy atom. The highest BCUT2D eigenvalue weighted by Crippen LogP contribution is 2.30. The third kappa shape index (κ3) is 4.53. The average Bonchev–Trinajstić information content (AvgIpc) is 2.38. The van der Waals surface area contributed by atoms with Crippen LogP contribution in [0.25, 0.3) is 0 Å². The van der Waals surface area contributed by atoms with E-state index in [0.717, 1.165) is 22.9 Å². The zero-order valence-corrected chi connectivity index (χ0v) is 15.6. The highest BCUT2D eigenvalue weighted by atomic mass is 79.9. The number of aliphatic hydroxyl groups is 1. The van der Waals surface area contributed by atoms with Crippen LogP contribution < -0.4 is 0 Å². The fourth-order valence-corrected chi connectivity index (χ4v) is 4.58. The number of nitrogens with zero attached hydrogens (tertiary/aromatic N) is 1. The van der Waals surface area contributed by atoms with Gasteiger partial charge in [-0.2, -0.15) is 0 Å². The number of hydrogen-bond acceptors (Lipinski definition) is 3. The molecule has 20 heavy (non-hydrogen) atoms. The maximum absolute atomic E-state index is 12.5. The Bertz CT molecular complexity index is 561. The number of benzene rings is 1. The van der Waals surface area contributed by atoms with Gasteiger partial charge in [0, 0.05) is 29.1 Å². The molecule has 0 heterocycles. The fourth-order valence-electron chi connectivity index (χ4n) is 1.74. The van der Waals surface area contributed by atoms with E-state index in [1.165, 1.54) is 4.31 Å². The standard InChI is InChI=1S/C13H19Br2NO3S/c1-10-8-12(15)13(9-11(10)14)20(18,19)16(2)6-4-3-5-7-17/h8-9,17H,3-7H2,1-2H3. The van der Waals surface area contributed by atoms with Gasteiger partial charge in [0.15, 0.2) is 0 Å². The minimum Gasteiger partial charge on any atom is -0.396 e. The van der Waals surface area contributed by atoms with Crippen LogP contribution in [0.4, 0.5) is 0 Å². The summed E-state index contributed by atoms with van der Waals surface area (Å²) in [7, 11) is -1.92. The summed E-state index contributed by atoms with van der Waals surface area (Å²) in [6, 6.07) is 3.41. The molecule has 4 nitrogen and oxygen atoms in total. The maximum atomic E-state index is 12.5. The zero-order valence-electron chi connectivity index (χ0n) is 11.6. The quantitative estimate of drug-likeness (QED) is 0.677. The van der Waals surface area contributed by atoms with Crippen LogP contribution >= 0.6 is 31.9 Å². The topological polar surface area (TPSA) is 57.6 Å². The van der Waals surface area contributed by atoms with Gasteiger partial charge in [-0.3, -0.25) is 0 Å². The van der Waals surface area contributed by atoms with E-state index in [9.17, 15) is 8.42 Å². The van der Waals surface area contributed by atoms with Crippen molar-refractivity contribution in [3.8, 4) is 0 Å². The first kappa shape index (κ1) is 18.1. The number of hydrogen-bond donors (Lipinski definition) is 1. The fraction of sp³-hybridized carbons (Fsp3) is 0.538. The number of rotatable bonds is 7. The largest absolute Gasteiger partial charge is 0.396 e. The number of aliphatic hydroxyl groups excluding tert-OH is 1. The third-order valence-electron chi connectivity index (χ3n) is 3.03. The molecule has 0 aliphatic rings. The lowest BCUT2D eigenvalue weighted by atomic mass is 10.2. The van der Waals surface area contributed by atoms with Crippen molar-refractivity contribution in [1.29, 1.82) is 0 Å². The minimum atomic E-state index is -3.50. The molecule has 1 aromatic carbocycles. The second kappa shape index (κ2) is 7.89. The van der Waals surface area contributed by atoms with Gasteiger partial charge in [-0.15, -0.1) is 0 Å². The number of sulfonamides is 1. The number of aryl methyl sites for hydroxylation is 1. The van der Waals surface area contributed by atoms with Gasteiger partial charge >= 0.3 is 0 Å². The summed E-state index contributed by atoms with van der Waals surface area (Å²) in [5, 5.41) is 8.72. The molecule has 0 fully saturated rings. The number of halogens is 2. The molecule has 1 rings (SSSR count). The van der Waals surface area contributed by atoms with Gasteiger partial charge < -0.3 is 5.11 Å². The van der Waals surface area contributed by atoms with E-state index >= 15 is 0 Å². The van der Waals surface area contributed by atoms with Crippen LogP contribution in [-0.4, -0.2) is 38.0 Å². The Morgan fingerprint density at radius 1 is 1.15 bits per heavy atom. The Morgan fingerprint density at radius 2 is 1.80 bits per heavy atom. The van der Waals surface area contributed by atoms with Crippen LogP contribution in [-0.2, 0) is 10.0 Å². The molecular formula is C13H19Br2NO3S. The van der Waals surface area contributed by atoms with Gasteiger partial charge in [-0.05, 0) is 59.8 Å². The average molecular weight is 429 g/mol. The SMILES string of the molecule is Cc1cc(Br)c(S(=O)(=O)N(C)CCCCCO)cc1Br. The molecule has 0 amide bonds. The Balaban J connectivity index is 2.90. The van der Waals surface area contributed by atoms with Crippen molar-refractivity contribution < 1.29 is 13.5 Å². The Hall–Kier alpha value is 0.0500. The molecule has 0 saturated carbocycles. The van der Waals surface area contributed by atoms with Crippen LogP contribution in [0.3, 0.4) is 0 Å². The number of unbranched alkanes of at least 4 members (excludes halogenated alkanes) is 2. The summed E-state index contributed by atoms with van der Waals surface area (Å²) in [4.78, 5) is 0.264. The summed E-state index contributed by atoms with van der Waals surface area (Å²) in [6.07, 6.45) is 2.25. The predicted octanol–water partition coefficient (Wildman–Crippen LogP) is 3.30. The molecule has 0 spiro atoms. The van der Waals surface area contributed by atoms with Crippen molar-refractivity contribution in [3.63, 3.8) is 0 Å². The minimum absolute atomic E-state index is 0.146. The van der Waals surface area contributed by atoms with Gasteiger partial charge in [0.25, 0.3) is 0 Å². The molecule has 0 aromatic heterocycles. The van der Waals surface area contributed by atoms with E-state index in [1.807, 2.05) is 6.92 Å². The van der Waals surface area contributed by atoms with E-state index in [4.69, 9.17) is 5.11 Å². The molecule has 0 aliphatic heterocycles. The second-order valence-corrected chi connectivity index (χ2v) is 8.36. The van der Waals surface area contributed by atoms with Gasteiger partial charge in [0.05, 0.1) is 4.90 Å². The lowest BCUT2D eigenvalue weighted by molar-refractivity contribution is 0.281. The van der Waals surface area contributed by atoms with Gasteiger partial charge in [-0.25, -0.2) is 12.7 Å². The first-order valence-electron chi connectivity index (χ1n) is 6.33. The van der Waals surface area contributed by atoms with Crippen LogP contribution in [0, 0.1) is 6.92 Å². The Kier molecular flexibility index (Phi) is 7.14. The van der Waals surface area contributed by atoms with E-state index in [1.54, 1.807) is 19.2 Å². The molecule has 0 atom stereocenters. The summed E-state index contributed by atoms with van der Waals surface area (Å²) in [6.45, 7) is 2.50. The second-order valence-electron chi connectivity index (χ2n) is 4.64. The first-order chi connectivity index (χ1) is 9.30. The molecule has 7 heteroatoms. The van der Waals surface area contributed by atoms with E-state index in [0.29, 0.717) is 17.4 Å². The molecule has 0 radical (unpaired) electrons. The predicted molar refractivity (Wildman–Crippen MR) is 87.3 cm³/mol. The molecule has 0 unspecified atom stereocenters. The molecule has 114 valence electrons. The smallest absolute Gasteiger partial charge is 0.243 e. The molecule has 0 saturated heterocycles. The lowest BCUT2D eigenvalue weighted by Crippen LogP contribution is -2.28. The van der Waals surface area contributed by atoms with Crippen molar-refractivity contribution in [2.75, 3.05) is 20.2 Å². The van der Waals surface area contributed by atoms with Crippen molar-refractivity contribution >= 4 is 41.9 Å². The molecule has 0 bridgehead atoms. The monoisotopic (exact) mass is 427 g/mol. The highest BCUT2D eigenvalue weighted by Gasteiger charge is 2.23. The van der Waals surface area contributed by atoms with E-state index in [2.05, 4.69) is 31.9 Å². The summed E-state index contributed by atoms with van der Waals surface area (Å²) < 4.78 is 27.7. The summed E-state index contributed by atoms with van der Waals surface area (Å²) >= 11 is 6.68. The normalized spacial score (nSPS) is 12.1. The third-order valence-corrected chi connectivity index (χ3v) is 6.70. The lowest BCUT2D eigenvalue weighted by Gasteiger charge is -2.18. The van der Waals surface area contributed by atoms with Gasteiger partial charge in [-0.1, -0.05) is 15.9 Å². The van der Waals surface area contributed by atoms with Gasteiger partial charge in [0.2, 0.25) is 10.0 Å². The van der Waals surface area contributed by atoms with E-state index < -0.39 is 10.0 Å². The molecular weight excluding hydrogens is 410 g/mol.